The molecule has 6 heteroatoms. The highest BCUT2D eigenvalue weighted by molar-refractivity contribution is 5.99. The van der Waals surface area contributed by atoms with Crippen molar-refractivity contribution in [2.24, 2.45) is 0 Å². The van der Waals surface area contributed by atoms with Gasteiger partial charge in [-0.1, -0.05) is 30.3 Å². The van der Waals surface area contributed by atoms with Crippen molar-refractivity contribution in [2.75, 3.05) is 26.9 Å². The first kappa shape index (κ1) is 20.6. The molecule has 0 aromatic heterocycles. The van der Waals surface area contributed by atoms with Crippen molar-refractivity contribution in [3.05, 3.63) is 58.6 Å². The second kappa shape index (κ2) is 9.26. The van der Waals surface area contributed by atoms with Gasteiger partial charge in [-0.2, -0.15) is 0 Å². The summed E-state index contributed by atoms with van der Waals surface area (Å²) in [5.41, 5.74) is 2.20. The van der Waals surface area contributed by atoms with Gasteiger partial charge in [0.05, 0.1) is 31.3 Å². The highest BCUT2D eigenvalue weighted by atomic mass is 16.5. The van der Waals surface area contributed by atoms with Gasteiger partial charge >= 0.3 is 11.9 Å². The van der Waals surface area contributed by atoms with E-state index < -0.39 is 17.9 Å². The standard InChI is InChI=1S/C21H27NO5/c1-6-25-19-18(21(24)27-8-3)17(15-12-10-9-11-13-15)16(14(4)22(19)5)20(23)26-7-2/h9-13,17H,6-8H2,1-5H3. The Morgan fingerprint density at radius 1 is 0.926 bits per heavy atom. The zero-order chi connectivity index (χ0) is 20.0. The third kappa shape index (κ3) is 4.15. The van der Waals surface area contributed by atoms with Crippen molar-refractivity contribution in [3.63, 3.8) is 0 Å². The number of carbonyl (C=O) groups excluding carboxylic acids is 2. The second-order valence-corrected chi connectivity index (χ2v) is 5.99. The van der Waals surface area contributed by atoms with Crippen LogP contribution in [0.3, 0.4) is 0 Å². The molecule has 27 heavy (non-hydrogen) atoms. The Labute approximate surface area is 160 Å². The van der Waals surface area contributed by atoms with Crippen LogP contribution in [0.4, 0.5) is 0 Å². The Morgan fingerprint density at radius 2 is 1.48 bits per heavy atom. The van der Waals surface area contributed by atoms with Crippen LogP contribution < -0.4 is 0 Å². The fraction of sp³-hybridized carbons (Fsp3) is 0.429. The number of allylic oxidation sites excluding steroid dienone is 1. The number of benzene rings is 1. The predicted molar refractivity (Wildman–Crippen MR) is 102 cm³/mol. The number of carbonyl (C=O) groups is 2. The highest BCUT2D eigenvalue weighted by Crippen LogP contribution is 2.42. The summed E-state index contributed by atoms with van der Waals surface area (Å²) in [5, 5.41) is 0. The average Bonchev–Trinajstić information content (AvgIpc) is 2.66. The third-order valence-electron chi connectivity index (χ3n) is 4.41. The number of nitrogens with zero attached hydrogens (tertiary/aromatic N) is 1. The van der Waals surface area contributed by atoms with E-state index >= 15 is 0 Å². The van der Waals surface area contributed by atoms with Gasteiger partial charge in [0, 0.05) is 12.7 Å². The summed E-state index contributed by atoms with van der Waals surface area (Å²) in [7, 11) is 1.76. The molecular formula is C21H27NO5. The molecule has 0 aliphatic carbocycles. The van der Waals surface area contributed by atoms with Crippen LogP contribution >= 0.6 is 0 Å². The quantitative estimate of drug-likeness (QED) is 0.683. The lowest BCUT2D eigenvalue weighted by molar-refractivity contribution is -0.140. The maximum absolute atomic E-state index is 12.9. The Bertz CT molecular complexity index is 751. The number of hydrogen-bond donors (Lipinski definition) is 0. The molecule has 0 saturated carbocycles. The second-order valence-electron chi connectivity index (χ2n) is 5.99. The molecule has 0 amide bonds. The Kier molecular flexibility index (Phi) is 7.05. The Hall–Kier alpha value is -2.76. The first-order valence-electron chi connectivity index (χ1n) is 9.18. The van der Waals surface area contributed by atoms with Gasteiger partial charge in [0.2, 0.25) is 5.88 Å². The molecule has 0 fully saturated rings. The van der Waals surface area contributed by atoms with Crippen LogP contribution in [0.25, 0.3) is 0 Å². The van der Waals surface area contributed by atoms with Crippen LogP contribution in [0.5, 0.6) is 0 Å². The summed E-state index contributed by atoms with van der Waals surface area (Å²) in [6.07, 6.45) is 0. The summed E-state index contributed by atoms with van der Waals surface area (Å²) in [5.74, 6) is -1.18. The maximum Gasteiger partial charge on any atom is 0.340 e. The fourth-order valence-corrected chi connectivity index (χ4v) is 3.17. The van der Waals surface area contributed by atoms with Crippen LogP contribution in [0.15, 0.2) is 53.1 Å². The highest BCUT2D eigenvalue weighted by Gasteiger charge is 2.41. The minimum atomic E-state index is -0.623. The van der Waals surface area contributed by atoms with Crippen molar-refractivity contribution < 1.29 is 23.8 Å². The Morgan fingerprint density at radius 3 is 2.00 bits per heavy atom. The maximum atomic E-state index is 12.9. The van der Waals surface area contributed by atoms with Gasteiger partial charge in [0.15, 0.2) is 0 Å². The number of rotatable bonds is 7. The summed E-state index contributed by atoms with van der Waals surface area (Å²) < 4.78 is 16.4. The van der Waals surface area contributed by atoms with Crippen LogP contribution in [-0.2, 0) is 23.8 Å². The monoisotopic (exact) mass is 373 g/mol. The molecule has 1 aromatic rings. The molecule has 0 radical (unpaired) electrons. The van der Waals surface area contributed by atoms with E-state index in [1.807, 2.05) is 44.2 Å². The van der Waals surface area contributed by atoms with Gasteiger partial charge < -0.3 is 19.1 Å². The number of ether oxygens (including phenoxy) is 3. The molecule has 146 valence electrons. The van der Waals surface area contributed by atoms with Gasteiger partial charge in [-0.25, -0.2) is 9.59 Å². The lowest BCUT2D eigenvalue weighted by atomic mass is 9.81. The summed E-state index contributed by atoms with van der Waals surface area (Å²) in [6, 6.07) is 9.39. The number of esters is 2. The molecule has 1 aliphatic rings. The van der Waals surface area contributed by atoms with E-state index in [0.717, 1.165) is 5.56 Å². The predicted octanol–water partition coefficient (Wildman–Crippen LogP) is 3.36. The summed E-state index contributed by atoms with van der Waals surface area (Å²) >= 11 is 0. The normalized spacial score (nSPS) is 17.1. The Balaban J connectivity index is 2.74. The van der Waals surface area contributed by atoms with Crippen molar-refractivity contribution in [2.45, 2.75) is 33.6 Å². The minimum absolute atomic E-state index is 0.227. The SMILES string of the molecule is CCOC(=O)C1=C(C)N(C)C(OCC)=C(C(=O)OCC)C1c1ccccc1. The molecule has 0 N–H and O–H groups in total. The zero-order valence-corrected chi connectivity index (χ0v) is 16.6. The van der Waals surface area contributed by atoms with Crippen LogP contribution in [-0.4, -0.2) is 43.7 Å². The van der Waals surface area contributed by atoms with E-state index in [1.54, 1.807) is 25.8 Å². The van der Waals surface area contributed by atoms with Crippen molar-refractivity contribution in [1.29, 1.82) is 0 Å². The molecule has 0 spiro atoms. The van der Waals surface area contributed by atoms with Crippen LogP contribution in [0, 0.1) is 0 Å². The largest absolute Gasteiger partial charge is 0.479 e. The number of hydrogen-bond acceptors (Lipinski definition) is 6. The van der Waals surface area contributed by atoms with Crippen LogP contribution in [0.2, 0.25) is 0 Å². The molecule has 1 aliphatic heterocycles. The van der Waals surface area contributed by atoms with E-state index in [9.17, 15) is 9.59 Å². The van der Waals surface area contributed by atoms with Crippen molar-refractivity contribution in [1.82, 2.24) is 4.90 Å². The first-order chi connectivity index (χ1) is 13.0. The van der Waals surface area contributed by atoms with Gasteiger partial charge in [-0.15, -0.1) is 0 Å². The van der Waals surface area contributed by atoms with Gasteiger partial charge in [0.25, 0.3) is 0 Å². The van der Waals surface area contributed by atoms with Gasteiger partial charge in [0.1, 0.15) is 5.57 Å². The van der Waals surface area contributed by atoms with Crippen LogP contribution in [0.1, 0.15) is 39.2 Å². The lowest BCUT2D eigenvalue weighted by Gasteiger charge is -2.36. The molecule has 1 unspecified atom stereocenters. The molecule has 1 atom stereocenters. The minimum Gasteiger partial charge on any atom is -0.479 e. The molecular weight excluding hydrogens is 346 g/mol. The summed E-state index contributed by atoms with van der Waals surface area (Å²) in [6.45, 7) is 8.03. The lowest BCUT2D eigenvalue weighted by Crippen LogP contribution is -2.35. The van der Waals surface area contributed by atoms with E-state index in [0.29, 0.717) is 29.3 Å². The van der Waals surface area contributed by atoms with Crippen molar-refractivity contribution in [3.8, 4) is 0 Å². The van der Waals surface area contributed by atoms with Gasteiger partial charge in [-0.05, 0) is 33.3 Å². The van der Waals surface area contributed by atoms with E-state index in [4.69, 9.17) is 14.2 Å². The van der Waals surface area contributed by atoms with E-state index in [2.05, 4.69) is 0 Å². The zero-order valence-electron chi connectivity index (χ0n) is 16.6. The molecule has 0 bridgehead atoms. The molecule has 2 rings (SSSR count). The molecule has 1 heterocycles. The molecule has 1 aromatic carbocycles. The topological polar surface area (TPSA) is 65.1 Å². The molecule has 0 saturated heterocycles. The first-order valence-corrected chi connectivity index (χ1v) is 9.18. The smallest absolute Gasteiger partial charge is 0.340 e. The van der Waals surface area contributed by atoms with E-state index in [1.165, 1.54) is 0 Å². The average molecular weight is 373 g/mol. The summed E-state index contributed by atoms with van der Waals surface area (Å²) in [4.78, 5) is 27.4. The van der Waals surface area contributed by atoms with E-state index in [-0.39, 0.29) is 13.2 Å². The fourth-order valence-electron chi connectivity index (χ4n) is 3.17. The molecule has 6 nitrogen and oxygen atoms in total. The third-order valence-corrected chi connectivity index (χ3v) is 4.41. The van der Waals surface area contributed by atoms with Gasteiger partial charge in [-0.3, -0.25) is 0 Å². The van der Waals surface area contributed by atoms with Crippen molar-refractivity contribution >= 4 is 11.9 Å².